The van der Waals surface area contributed by atoms with Gasteiger partial charge in [-0.15, -0.1) is 11.8 Å². The van der Waals surface area contributed by atoms with Crippen molar-refractivity contribution in [2.45, 2.75) is 19.1 Å². The molecule has 4 heteroatoms. The van der Waals surface area contributed by atoms with E-state index in [4.69, 9.17) is 5.11 Å². The number of hydrogen-bond donors (Lipinski definition) is 2. The van der Waals surface area contributed by atoms with Crippen LogP contribution in [-0.2, 0) is 4.79 Å². The molecule has 1 aromatic carbocycles. The molecule has 2 N–H and O–H groups in total. The number of aryl methyl sites for hydroxylation is 1. The predicted molar refractivity (Wildman–Crippen MR) is 68.8 cm³/mol. The highest BCUT2D eigenvalue weighted by atomic mass is 32.2. The minimum atomic E-state index is -0.146. The first kappa shape index (κ1) is 13.1. The SMILES string of the molecule is Cc1cccc(NC(=O)C(C)SCCO)c1. The van der Waals surface area contributed by atoms with E-state index in [2.05, 4.69) is 5.32 Å². The van der Waals surface area contributed by atoms with Crippen molar-refractivity contribution in [3.63, 3.8) is 0 Å². The highest BCUT2D eigenvalue weighted by molar-refractivity contribution is 8.00. The van der Waals surface area contributed by atoms with Crippen LogP contribution in [0.3, 0.4) is 0 Å². The first-order valence-electron chi connectivity index (χ1n) is 5.23. The van der Waals surface area contributed by atoms with Gasteiger partial charge in [-0.2, -0.15) is 0 Å². The minimum absolute atomic E-state index is 0.0240. The molecule has 0 fully saturated rings. The number of aliphatic hydroxyl groups is 1. The number of carbonyl (C=O) groups is 1. The van der Waals surface area contributed by atoms with Gasteiger partial charge in [0.05, 0.1) is 11.9 Å². The standard InChI is InChI=1S/C12H17NO2S/c1-9-4-3-5-11(8-9)13-12(15)10(2)16-7-6-14/h3-5,8,10,14H,6-7H2,1-2H3,(H,13,15). The first-order valence-corrected chi connectivity index (χ1v) is 6.28. The topological polar surface area (TPSA) is 49.3 Å². The molecular formula is C12H17NO2S. The third-order valence-corrected chi connectivity index (χ3v) is 3.25. The van der Waals surface area contributed by atoms with Crippen LogP contribution >= 0.6 is 11.8 Å². The Hall–Kier alpha value is -1.00. The van der Waals surface area contributed by atoms with Crippen molar-refractivity contribution in [3.8, 4) is 0 Å². The molecule has 3 nitrogen and oxygen atoms in total. The summed E-state index contributed by atoms with van der Waals surface area (Å²) in [7, 11) is 0. The Morgan fingerprint density at radius 1 is 1.56 bits per heavy atom. The first-order chi connectivity index (χ1) is 7.63. The maximum absolute atomic E-state index is 11.7. The summed E-state index contributed by atoms with van der Waals surface area (Å²) in [5, 5.41) is 11.4. The maximum atomic E-state index is 11.7. The molecule has 1 unspecified atom stereocenters. The van der Waals surface area contributed by atoms with E-state index in [1.165, 1.54) is 11.8 Å². The van der Waals surface area contributed by atoms with Gasteiger partial charge in [0.2, 0.25) is 5.91 Å². The van der Waals surface area contributed by atoms with E-state index in [1.54, 1.807) is 0 Å². The smallest absolute Gasteiger partial charge is 0.237 e. The van der Waals surface area contributed by atoms with Gasteiger partial charge in [-0.05, 0) is 31.5 Å². The average molecular weight is 239 g/mol. The van der Waals surface area contributed by atoms with Crippen LogP contribution in [-0.4, -0.2) is 28.6 Å². The highest BCUT2D eigenvalue weighted by Gasteiger charge is 2.12. The lowest BCUT2D eigenvalue weighted by atomic mass is 10.2. The molecule has 0 aliphatic rings. The minimum Gasteiger partial charge on any atom is -0.396 e. The summed E-state index contributed by atoms with van der Waals surface area (Å²) in [6, 6.07) is 7.70. The summed E-state index contributed by atoms with van der Waals surface area (Å²) in [6.45, 7) is 3.93. The summed E-state index contributed by atoms with van der Waals surface area (Å²) in [6.07, 6.45) is 0. The van der Waals surface area contributed by atoms with Gasteiger partial charge in [-0.3, -0.25) is 4.79 Å². The second-order valence-electron chi connectivity index (χ2n) is 3.60. The highest BCUT2D eigenvalue weighted by Crippen LogP contribution is 2.14. The number of benzene rings is 1. The molecule has 0 heterocycles. The number of anilines is 1. The van der Waals surface area contributed by atoms with Crippen molar-refractivity contribution in [1.29, 1.82) is 0 Å². The Morgan fingerprint density at radius 2 is 2.31 bits per heavy atom. The fourth-order valence-corrected chi connectivity index (χ4v) is 1.94. The van der Waals surface area contributed by atoms with Crippen LogP contribution in [0.25, 0.3) is 0 Å². The Bertz CT molecular complexity index is 355. The van der Waals surface area contributed by atoms with Gasteiger partial charge >= 0.3 is 0 Å². The van der Waals surface area contributed by atoms with Crippen LogP contribution in [0.4, 0.5) is 5.69 Å². The van der Waals surface area contributed by atoms with Gasteiger partial charge in [0.25, 0.3) is 0 Å². The van der Waals surface area contributed by atoms with Gasteiger partial charge in [0.15, 0.2) is 0 Å². The predicted octanol–water partition coefficient (Wildman–Crippen LogP) is 2.05. The third-order valence-electron chi connectivity index (χ3n) is 2.11. The van der Waals surface area contributed by atoms with E-state index in [9.17, 15) is 4.79 Å². The average Bonchev–Trinajstić information content (AvgIpc) is 2.25. The number of hydrogen-bond acceptors (Lipinski definition) is 3. The number of thioether (sulfide) groups is 1. The summed E-state index contributed by atoms with van der Waals surface area (Å²) < 4.78 is 0. The zero-order valence-corrected chi connectivity index (χ0v) is 10.4. The van der Waals surface area contributed by atoms with Gasteiger partial charge < -0.3 is 10.4 Å². The number of aliphatic hydroxyl groups excluding tert-OH is 1. The van der Waals surface area contributed by atoms with Gasteiger partial charge in [-0.1, -0.05) is 12.1 Å². The number of nitrogens with one attached hydrogen (secondary N) is 1. The Labute approximate surface area is 100 Å². The largest absolute Gasteiger partial charge is 0.396 e. The molecule has 0 bridgehead atoms. The van der Waals surface area contributed by atoms with Crippen molar-refractivity contribution in [2.75, 3.05) is 17.7 Å². The molecule has 0 aliphatic heterocycles. The molecule has 0 spiro atoms. The lowest BCUT2D eigenvalue weighted by molar-refractivity contribution is -0.115. The van der Waals surface area contributed by atoms with Crippen molar-refractivity contribution < 1.29 is 9.90 Å². The third kappa shape index (κ3) is 4.24. The Morgan fingerprint density at radius 3 is 2.94 bits per heavy atom. The maximum Gasteiger partial charge on any atom is 0.237 e. The van der Waals surface area contributed by atoms with E-state index in [1.807, 2.05) is 38.1 Å². The lowest BCUT2D eigenvalue weighted by Gasteiger charge is -2.11. The van der Waals surface area contributed by atoms with Crippen LogP contribution in [0.1, 0.15) is 12.5 Å². The molecule has 88 valence electrons. The molecule has 0 saturated carbocycles. The summed E-state index contributed by atoms with van der Waals surface area (Å²) >= 11 is 1.45. The fourth-order valence-electron chi connectivity index (χ4n) is 1.27. The van der Waals surface area contributed by atoms with Gasteiger partial charge in [-0.25, -0.2) is 0 Å². The molecule has 0 aromatic heterocycles. The van der Waals surface area contributed by atoms with Crippen molar-refractivity contribution >= 4 is 23.4 Å². The molecule has 1 aromatic rings. The zero-order valence-electron chi connectivity index (χ0n) is 9.56. The monoisotopic (exact) mass is 239 g/mol. The zero-order chi connectivity index (χ0) is 12.0. The van der Waals surface area contributed by atoms with E-state index >= 15 is 0 Å². The van der Waals surface area contributed by atoms with Crippen LogP contribution in [0.5, 0.6) is 0 Å². The molecule has 16 heavy (non-hydrogen) atoms. The summed E-state index contributed by atoms with van der Waals surface area (Å²) in [5.74, 6) is 0.562. The van der Waals surface area contributed by atoms with Crippen LogP contribution in [0.15, 0.2) is 24.3 Å². The van der Waals surface area contributed by atoms with E-state index in [-0.39, 0.29) is 17.8 Å². The van der Waals surface area contributed by atoms with E-state index in [0.717, 1.165) is 11.3 Å². The van der Waals surface area contributed by atoms with Crippen molar-refractivity contribution in [1.82, 2.24) is 0 Å². The van der Waals surface area contributed by atoms with E-state index in [0.29, 0.717) is 5.75 Å². The van der Waals surface area contributed by atoms with Crippen molar-refractivity contribution in [2.24, 2.45) is 0 Å². The molecular weight excluding hydrogens is 222 g/mol. The quantitative estimate of drug-likeness (QED) is 0.826. The normalized spacial score (nSPS) is 12.2. The number of rotatable bonds is 5. The summed E-state index contributed by atoms with van der Waals surface area (Å²) in [5.41, 5.74) is 1.94. The van der Waals surface area contributed by atoms with Gasteiger partial charge in [0.1, 0.15) is 0 Å². The van der Waals surface area contributed by atoms with Crippen LogP contribution in [0, 0.1) is 6.92 Å². The number of amides is 1. The molecule has 1 amide bonds. The molecule has 0 radical (unpaired) electrons. The van der Waals surface area contributed by atoms with Crippen LogP contribution < -0.4 is 5.32 Å². The molecule has 1 rings (SSSR count). The summed E-state index contributed by atoms with van der Waals surface area (Å²) in [4.78, 5) is 11.7. The molecule has 0 aliphatic carbocycles. The molecule has 0 saturated heterocycles. The molecule has 1 atom stereocenters. The van der Waals surface area contributed by atoms with Crippen LogP contribution in [0.2, 0.25) is 0 Å². The second-order valence-corrected chi connectivity index (χ2v) is 5.04. The Kier molecular flexibility index (Phi) is 5.35. The van der Waals surface area contributed by atoms with Gasteiger partial charge in [0, 0.05) is 11.4 Å². The van der Waals surface area contributed by atoms with E-state index < -0.39 is 0 Å². The lowest BCUT2D eigenvalue weighted by Crippen LogP contribution is -2.23. The van der Waals surface area contributed by atoms with Crippen molar-refractivity contribution in [3.05, 3.63) is 29.8 Å². The second kappa shape index (κ2) is 6.55. The number of carbonyl (C=O) groups excluding carboxylic acids is 1. The fraction of sp³-hybridized carbons (Fsp3) is 0.417. The Balaban J connectivity index is 2.50.